The number of amides is 1. The number of nitrogens with two attached hydrogens (primary N) is 1. The van der Waals surface area contributed by atoms with Crippen molar-refractivity contribution in [2.24, 2.45) is 5.84 Å². The van der Waals surface area contributed by atoms with E-state index in [-0.39, 0.29) is 17.3 Å². The van der Waals surface area contributed by atoms with Gasteiger partial charge in [-0.1, -0.05) is 0 Å². The molecule has 20 heavy (non-hydrogen) atoms. The highest BCUT2D eigenvalue weighted by atomic mass is 16.6. The van der Waals surface area contributed by atoms with Gasteiger partial charge in [0, 0.05) is 24.3 Å². The zero-order valence-corrected chi connectivity index (χ0v) is 11.1. The van der Waals surface area contributed by atoms with Crippen molar-refractivity contribution >= 4 is 17.3 Å². The summed E-state index contributed by atoms with van der Waals surface area (Å²) in [5.74, 6) is 4.82. The van der Waals surface area contributed by atoms with Crippen LogP contribution in [0, 0.1) is 10.1 Å². The van der Waals surface area contributed by atoms with Crippen molar-refractivity contribution in [2.75, 3.05) is 25.6 Å². The maximum absolute atomic E-state index is 12.2. The molecule has 1 atom stereocenters. The number of hydrogen-bond donors (Lipinski definition) is 3. The van der Waals surface area contributed by atoms with Gasteiger partial charge in [-0.3, -0.25) is 20.8 Å². The minimum atomic E-state index is -0.573. The molecule has 108 valence electrons. The molecule has 0 aliphatic carbocycles. The highest BCUT2D eigenvalue weighted by molar-refractivity contribution is 5.99. The van der Waals surface area contributed by atoms with Crippen LogP contribution in [0.1, 0.15) is 16.8 Å². The van der Waals surface area contributed by atoms with Crippen molar-refractivity contribution in [3.05, 3.63) is 33.9 Å². The molecule has 0 spiro atoms. The molecule has 1 aliphatic heterocycles. The van der Waals surface area contributed by atoms with Crippen LogP contribution in [0.4, 0.5) is 11.4 Å². The largest absolute Gasteiger partial charge is 0.348 e. The molecular weight excluding hydrogens is 262 g/mol. The molecule has 1 fully saturated rings. The molecule has 0 aromatic heterocycles. The quantitative estimate of drug-likeness (QED) is 0.415. The average Bonchev–Trinajstić information content (AvgIpc) is 2.83. The van der Waals surface area contributed by atoms with Gasteiger partial charge in [-0.25, -0.2) is 0 Å². The summed E-state index contributed by atoms with van der Waals surface area (Å²) in [6.07, 6.45) is 0.838. The van der Waals surface area contributed by atoms with E-state index in [2.05, 4.69) is 15.6 Å². The van der Waals surface area contributed by atoms with Gasteiger partial charge in [-0.2, -0.15) is 0 Å². The number of hydrazine groups is 1. The fourth-order valence-electron chi connectivity index (χ4n) is 2.28. The van der Waals surface area contributed by atoms with Crippen LogP contribution >= 0.6 is 0 Å². The summed E-state index contributed by atoms with van der Waals surface area (Å²) in [6, 6.07) is 4.12. The van der Waals surface area contributed by atoms with Gasteiger partial charge in [-0.05, 0) is 32.1 Å². The van der Waals surface area contributed by atoms with Crippen LogP contribution in [0.3, 0.4) is 0 Å². The van der Waals surface area contributed by atoms with Crippen molar-refractivity contribution in [1.82, 2.24) is 10.2 Å². The predicted molar refractivity (Wildman–Crippen MR) is 74.3 cm³/mol. The van der Waals surface area contributed by atoms with Crippen LogP contribution in [0.2, 0.25) is 0 Å². The zero-order valence-electron chi connectivity index (χ0n) is 11.1. The van der Waals surface area contributed by atoms with Gasteiger partial charge in [0.1, 0.15) is 5.56 Å². The van der Waals surface area contributed by atoms with Crippen LogP contribution < -0.4 is 16.6 Å². The molecule has 4 N–H and O–H groups in total. The Balaban J connectivity index is 2.21. The second kappa shape index (κ2) is 5.85. The summed E-state index contributed by atoms with van der Waals surface area (Å²) < 4.78 is 0. The molecule has 0 radical (unpaired) electrons. The number of nitro benzene ring substituents is 1. The van der Waals surface area contributed by atoms with Crippen molar-refractivity contribution < 1.29 is 9.72 Å². The fraction of sp³-hybridized carbons (Fsp3) is 0.417. The van der Waals surface area contributed by atoms with Crippen LogP contribution in [-0.2, 0) is 0 Å². The molecule has 2 rings (SSSR count). The summed E-state index contributed by atoms with van der Waals surface area (Å²) >= 11 is 0. The lowest BCUT2D eigenvalue weighted by Gasteiger charge is -2.13. The molecule has 0 saturated carbocycles. The van der Waals surface area contributed by atoms with Gasteiger partial charge in [0.2, 0.25) is 0 Å². The Morgan fingerprint density at radius 1 is 1.55 bits per heavy atom. The number of nitrogens with zero attached hydrogens (tertiary/aromatic N) is 2. The number of rotatable bonds is 4. The second-order valence-electron chi connectivity index (χ2n) is 4.85. The Kier molecular flexibility index (Phi) is 4.16. The van der Waals surface area contributed by atoms with Gasteiger partial charge >= 0.3 is 0 Å². The average molecular weight is 279 g/mol. The van der Waals surface area contributed by atoms with E-state index in [0.717, 1.165) is 19.5 Å². The number of likely N-dealkylation sites (tertiary alicyclic amines) is 1. The first-order chi connectivity index (χ1) is 9.51. The Labute approximate surface area is 116 Å². The minimum absolute atomic E-state index is 0.0139. The molecule has 8 heteroatoms. The number of nitro groups is 1. The maximum atomic E-state index is 12.2. The van der Waals surface area contributed by atoms with Gasteiger partial charge < -0.3 is 15.6 Å². The third-order valence-corrected chi connectivity index (χ3v) is 3.33. The lowest BCUT2D eigenvalue weighted by Crippen LogP contribution is -2.36. The number of carbonyl (C=O) groups excluding carboxylic acids is 1. The van der Waals surface area contributed by atoms with Crippen molar-refractivity contribution in [1.29, 1.82) is 0 Å². The number of benzene rings is 1. The molecule has 1 aromatic carbocycles. The number of nitrogens with one attached hydrogen (secondary N) is 2. The maximum Gasteiger partial charge on any atom is 0.282 e. The molecule has 1 saturated heterocycles. The Bertz CT molecular complexity index is 534. The Morgan fingerprint density at radius 3 is 2.85 bits per heavy atom. The predicted octanol–water partition coefficient (Wildman–Crippen LogP) is 0.314. The minimum Gasteiger partial charge on any atom is -0.348 e. The SMILES string of the molecule is CN1CCC(NC(=O)c2cc(NN)ccc2[N+](=O)[O-])C1. The van der Waals surface area contributed by atoms with Crippen molar-refractivity contribution in [3.8, 4) is 0 Å². The summed E-state index contributed by atoms with van der Waals surface area (Å²) in [5.41, 5.74) is 2.61. The molecule has 1 aromatic rings. The number of hydrogen-bond acceptors (Lipinski definition) is 6. The summed E-state index contributed by atoms with van der Waals surface area (Å²) in [6.45, 7) is 1.64. The lowest BCUT2D eigenvalue weighted by molar-refractivity contribution is -0.385. The van der Waals surface area contributed by atoms with E-state index in [0.29, 0.717) is 5.69 Å². The third kappa shape index (κ3) is 3.03. The van der Waals surface area contributed by atoms with Gasteiger partial charge in [-0.15, -0.1) is 0 Å². The number of nitrogen functional groups attached to an aromatic ring is 1. The van der Waals surface area contributed by atoms with Gasteiger partial charge in [0.15, 0.2) is 0 Å². The molecule has 1 heterocycles. The monoisotopic (exact) mass is 279 g/mol. The summed E-state index contributed by atoms with van der Waals surface area (Å²) in [5, 5.41) is 13.8. The highest BCUT2D eigenvalue weighted by Gasteiger charge is 2.25. The first kappa shape index (κ1) is 14.2. The van der Waals surface area contributed by atoms with Crippen LogP contribution in [0.5, 0.6) is 0 Å². The summed E-state index contributed by atoms with van der Waals surface area (Å²) in [4.78, 5) is 24.7. The number of likely N-dealkylation sites (N-methyl/N-ethyl adjacent to an activating group) is 1. The first-order valence-corrected chi connectivity index (χ1v) is 6.25. The van der Waals surface area contributed by atoms with Crippen LogP contribution in [-0.4, -0.2) is 41.9 Å². The van der Waals surface area contributed by atoms with Crippen molar-refractivity contribution in [3.63, 3.8) is 0 Å². The fourth-order valence-corrected chi connectivity index (χ4v) is 2.28. The van der Waals surface area contributed by atoms with E-state index in [4.69, 9.17) is 5.84 Å². The van der Waals surface area contributed by atoms with E-state index in [1.165, 1.54) is 18.2 Å². The highest BCUT2D eigenvalue weighted by Crippen LogP contribution is 2.22. The third-order valence-electron chi connectivity index (χ3n) is 3.33. The molecular formula is C12H17N5O3. The second-order valence-corrected chi connectivity index (χ2v) is 4.85. The van der Waals surface area contributed by atoms with E-state index in [1.54, 1.807) is 0 Å². The normalized spacial score (nSPS) is 18.8. The smallest absolute Gasteiger partial charge is 0.282 e. The van der Waals surface area contributed by atoms with E-state index < -0.39 is 10.8 Å². The molecule has 1 aliphatic rings. The van der Waals surface area contributed by atoms with E-state index in [1.807, 2.05) is 7.05 Å². The standard InChI is InChI=1S/C12H17N5O3/c1-16-5-4-9(7-16)14-12(18)10-6-8(15-13)2-3-11(10)17(19)20/h2-3,6,9,15H,4-5,7,13H2,1H3,(H,14,18). The van der Waals surface area contributed by atoms with Crippen LogP contribution in [0.15, 0.2) is 18.2 Å². The number of carbonyl (C=O) groups is 1. The zero-order chi connectivity index (χ0) is 14.7. The number of anilines is 1. The van der Waals surface area contributed by atoms with Gasteiger partial charge in [0.25, 0.3) is 11.6 Å². The van der Waals surface area contributed by atoms with Gasteiger partial charge in [0.05, 0.1) is 4.92 Å². The summed E-state index contributed by atoms with van der Waals surface area (Å²) in [7, 11) is 1.97. The first-order valence-electron chi connectivity index (χ1n) is 6.25. The Hall–Kier alpha value is -2.19. The van der Waals surface area contributed by atoms with E-state index >= 15 is 0 Å². The van der Waals surface area contributed by atoms with Crippen LogP contribution in [0.25, 0.3) is 0 Å². The Morgan fingerprint density at radius 2 is 2.30 bits per heavy atom. The molecule has 1 unspecified atom stereocenters. The van der Waals surface area contributed by atoms with E-state index in [9.17, 15) is 14.9 Å². The van der Waals surface area contributed by atoms with Crippen molar-refractivity contribution in [2.45, 2.75) is 12.5 Å². The molecule has 8 nitrogen and oxygen atoms in total. The molecule has 0 bridgehead atoms. The topological polar surface area (TPSA) is 114 Å². The lowest BCUT2D eigenvalue weighted by atomic mass is 10.1. The molecule has 1 amide bonds.